The van der Waals surface area contributed by atoms with Crippen LogP contribution in [0.3, 0.4) is 0 Å². The van der Waals surface area contributed by atoms with Crippen LogP contribution >= 0.6 is 0 Å². The number of nitrogens with one attached hydrogen (secondary N) is 1. The van der Waals surface area contributed by atoms with E-state index in [2.05, 4.69) is 15.4 Å². The number of aryl methyl sites for hydroxylation is 1. The molecule has 0 aromatic carbocycles. The van der Waals surface area contributed by atoms with Gasteiger partial charge in [-0.05, 0) is 32.8 Å². The molecule has 3 heterocycles. The molecule has 2 aromatic heterocycles. The third-order valence-corrected chi connectivity index (χ3v) is 4.67. The molecule has 0 bridgehead atoms. The van der Waals surface area contributed by atoms with Gasteiger partial charge in [0, 0.05) is 37.1 Å². The fraction of sp³-hybridized carbons (Fsp3) is 0.412. The number of amides is 2. The van der Waals surface area contributed by atoms with Crippen molar-refractivity contribution in [3.05, 3.63) is 35.8 Å². The van der Waals surface area contributed by atoms with Gasteiger partial charge in [0.25, 0.3) is 5.91 Å². The Morgan fingerprint density at radius 3 is 2.75 bits per heavy atom. The van der Waals surface area contributed by atoms with Crippen LogP contribution in [0.2, 0.25) is 0 Å². The maximum absolute atomic E-state index is 12.7. The Morgan fingerprint density at radius 2 is 2.12 bits per heavy atom. The summed E-state index contributed by atoms with van der Waals surface area (Å²) in [5.41, 5.74) is 1.53. The van der Waals surface area contributed by atoms with Crippen LogP contribution in [0.1, 0.15) is 42.7 Å². The van der Waals surface area contributed by atoms with Crippen molar-refractivity contribution >= 4 is 23.3 Å². The predicted octanol–water partition coefficient (Wildman–Crippen LogP) is 1.85. The lowest BCUT2D eigenvalue weighted by Gasteiger charge is -2.19. The van der Waals surface area contributed by atoms with Gasteiger partial charge in [-0.15, -0.1) is 0 Å². The largest absolute Gasteiger partial charge is 0.308 e. The smallest absolute Gasteiger partial charge is 0.277 e. The van der Waals surface area contributed by atoms with Crippen LogP contribution < -0.4 is 10.2 Å². The number of nitrogens with zero attached hydrogens (tertiary/aromatic N) is 4. The summed E-state index contributed by atoms with van der Waals surface area (Å²) >= 11 is 0. The summed E-state index contributed by atoms with van der Waals surface area (Å²) in [4.78, 5) is 31.2. The van der Waals surface area contributed by atoms with Crippen LogP contribution in [-0.2, 0) is 17.3 Å². The minimum Gasteiger partial charge on any atom is -0.308 e. The van der Waals surface area contributed by atoms with Crippen LogP contribution in [0.4, 0.5) is 11.5 Å². The summed E-state index contributed by atoms with van der Waals surface area (Å²) < 4.78 is 1.57. The Balaban J connectivity index is 1.66. The maximum atomic E-state index is 12.7. The number of aromatic nitrogens is 3. The molecular weight excluding hydrogens is 306 g/mol. The summed E-state index contributed by atoms with van der Waals surface area (Å²) in [6, 6.07) is 3.72. The minimum atomic E-state index is -0.575. The van der Waals surface area contributed by atoms with E-state index in [1.54, 1.807) is 36.3 Å². The monoisotopic (exact) mass is 325 g/mol. The van der Waals surface area contributed by atoms with Crippen molar-refractivity contribution in [1.29, 1.82) is 0 Å². The van der Waals surface area contributed by atoms with Gasteiger partial charge in [0.05, 0.1) is 11.1 Å². The number of fused-ring (bicyclic) bond motifs is 1. The standard InChI is InChI=1S/C17H19N5O2/c1-17(2)11-9-18-14(19-15(23)12-6-7-21(3)20-12)8-13(11)22(16(17)24)10-4-5-10/h6-10H,4-5H2,1-3H3,(H,18,19,23). The van der Waals surface area contributed by atoms with E-state index in [9.17, 15) is 9.59 Å². The first kappa shape index (κ1) is 14.9. The fourth-order valence-corrected chi connectivity index (χ4v) is 3.13. The van der Waals surface area contributed by atoms with Gasteiger partial charge in [-0.1, -0.05) is 0 Å². The third kappa shape index (κ3) is 2.19. The SMILES string of the molecule is Cn1ccc(C(=O)Nc2cc3c(cn2)C(C)(C)C(=O)N3C2CC2)n1. The molecule has 2 aromatic rings. The minimum absolute atomic E-state index is 0.106. The van der Waals surface area contributed by atoms with E-state index < -0.39 is 5.41 Å². The van der Waals surface area contributed by atoms with Gasteiger partial charge < -0.3 is 10.2 Å². The van der Waals surface area contributed by atoms with Gasteiger partial charge in [-0.25, -0.2) is 4.98 Å². The van der Waals surface area contributed by atoms with Crippen molar-refractivity contribution in [3.8, 4) is 0 Å². The highest BCUT2D eigenvalue weighted by Gasteiger charge is 2.49. The zero-order chi connectivity index (χ0) is 17.1. The second kappa shape index (κ2) is 4.90. The Morgan fingerprint density at radius 1 is 1.38 bits per heavy atom. The molecule has 1 saturated carbocycles. The quantitative estimate of drug-likeness (QED) is 0.934. The van der Waals surface area contributed by atoms with Crippen molar-refractivity contribution in [2.75, 3.05) is 10.2 Å². The molecule has 1 aliphatic heterocycles. The first-order valence-electron chi connectivity index (χ1n) is 8.03. The molecule has 0 unspecified atom stereocenters. The van der Waals surface area contributed by atoms with Crippen LogP contribution in [0.25, 0.3) is 0 Å². The van der Waals surface area contributed by atoms with Crippen molar-refractivity contribution in [2.24, 2.45) is 7.05 Å². The molecule has 1 aliphatic carbocycles. The molecule has 4 rings (SSSR count). The van der Waals surface area contributed by atoms with Gasteiger partial charge >= 0.3 is 0 Å². The molecule has 1 fully saturated rings. The van der Waals surface area contributed by atoms with Crippen LogP contribution in [0.5, 0.6) is 0 Å². The molecule has 7 heteroatoms. The maximum Gasteiger partial charge on any atom is 0.277 e. The topological polar surface area (TPSA) is 80.1 Å². The van der Waals surface area contributed by atoms with E-state index in [1.165, 1.54) is 0 Å². The average Bonchev–Trinajstić information content (AvgIpc) is 3.23. The molecule has 2 aliphatic rings. The first-order valence-corrected chi connectivity index (χ1v) is 8.03. The summed E-state index contributed by atoms with van der Waals surface area (Å²) in [5.74, 6) is 0.222. The molecular formula is C17H19N5O2. The highest BCUT2D eigenvalue weighted by molar-refractivity contribution is 6.09. The molecule has 24 heavy (non-hydrogen) atoms. The van der Waals surface area contributed by atoms with Crippen molar-refractivity contribution in [3.63, 3.8) is 0 Å². The Kier molecular flexibility index (Phi) is 3.03. The van der Waals surface area contributed by atoms with Gasteiger partial charge in [0.2, 0.25) is 5.91 Å². The molecule has 2 amide bonds. The Bertz CT molecular complexity index is 850. The van der Waals surface area contributed by atoms with E-state index in [0.29, 0.717) is 11.5 Å². The molecule has 0 saturated heterocycles. The molecule has 0 atom stereocenters. The second-order valence-corrected chi connectivity index (χ2v) is 6.95. The van der Waals surface area contributed by atoms with E-state index in [1.807, 2.05) is 18.7 Å². The molecule has 1 N–H and O–H groups in total. The average molecular weight is 325 g/mol. The van der Waals surface area contributed by atoms with Crippen LogP contribution in [-0.4, -0.2) is 32.6 Å². The van der Waals surface area contributed by atoms with E-state index in [0.717, 1.165) is 24.1 Å². The summed E-state index contributed by atoms with van der Waals surface area (Å²) in [7, 11) is 1.76. The predicted molar refractivity (Wildman–Crippen MR) is 88.9 cm³/mol. The molecule has 124 valence electrons. The zero-order valence-corrected chi connectivity index (χ0v) is 13.9. The Hall–Kier alpha value is -2.70. The summed E-state index contributed by atoms with van der Waals surface area (Å²) in [5, 5.41) is 6.84. The number of rotatable bonds is 3. The highest BCUT2D eigenvalue weighted by Crippen LogP contribution is 2.46. The number of hydrogen-bond acceptors (Lipinski definition) is 4. The number of hydrogen-bond donors (Lipinski definition) is 1. The fourth-order valence-electron chi connectivity index (χ4n) is 3.13. The lowest BCUT2D eigenvalue weighted by atomic mass is 9.87. The van der Waals surface area contributed by atoms with E-state index in [-0.39, 0.29) is 17.9 Å². The molecule has 0 radical (unpaired) electrons. The molecule has 7 nitrogen and oxygen atoms in total. The Labute approximate surface area is 139 Å². The second-order valence-electron chi connectivity index (χ2n) is 6.95. The lowest BCUT2D eigenvalue weighted by Crippen LogP contribution is -2.37. The van der Waals surface area contributed by atoms with Crippen molar-refractivity contribution in [1.82, 2.24) is 14.8 Å². The van der Waals surface area contributed by atoms with Crippen molar-refractivity contribution < 1.29 is 9.59 Å². The number of carbonyl (C=O) groups excluding carboxylic acids is 2. The van der Waals surface area contributed by atoms with E-state index >= 15 is 0 Å². The van der Waals surface area contributed by atoms with Crippen molar-refractivity contribution in [2.45, 2.75) is 38.1 Å². The van der Waals surface area contributed by atoms with Gasteiger partial charge in [0.15, 0.2) is 5.69 Å². The summed E-state index contributed by atoms with van der Waals surface area (Å²) in [6.45, 7) is 3.84. The molecule has 0 spiro atoms. The number of anilines is 2. The van der Waals surface area contributed by atoms with Crippen LogP contribution in [0.15, 0.2) is 24.5 Å². The third-order valence-electron chi connectivity index (χ3n) is 4.67. The number of carbonyl (C=O) groups is 2. The number of pyridine rings is 1. The van der Waals surface area contributed by atoms with Gasteiger partial charge in [-0.3, -0.25) is 14.3 Å². The van der Waals surface area contributed by atoms with Crippen LogP contribution in [0, 0.1) is 0 Å². The van der Waals surface area contributed by atoms with E-state index in [4.69, 9.17) is 0 Å². The van der Waals surface area contributed by atoms with Gasteiger partial charge in [0.1, 0.15) is 5.82 Å². The van der Waals surface area contributed by atoms with Gasteiger partial charge in [-0.2, -0.15) is 5.10 Å². The lowest BCUT2D eigenvalue weighted by molar-refractivity contribution is -0.122. The highest BCUT2D eigenvalue weighted by atomic mass is 16.2. The first-order chi connectivity index (χ1) is 11.4. The zero-order valence-electron chi connectivity index (χ0n) is 13.9. The normalized spacial score (nSPS) is 18.6. The summed E-state index contributed by atoms with van der Waals surface area (Å²) in [6.07, 6.45) is 5.46.